The first kappa shape index (κ1) is 29.6. The normalized spacial score (nSPS) is 13.4. The molecule has 65 heavy (non-hydrogen) atoms. The second-order valence-electron chi connectivity index (χ2n) is 16.2. The second-order valence-corrected chi connectivity index (χ2v) is 16.2. The molecule has 0 saturated carbocycles. The van der Waals surface area contributed by atoms with Gasteiger partial charge in [0.1, 0.15) is 11.2 Å². The Morgan fingerprint density at radius 2 is 0.954 bits per heavy atom. The first-order valence-electron chi connectivity index (χ1n) is 25.6. The van der Waals surface area contributed by atoms with Crippen LogP contribution in [-0.4, -0.2) is 4.57 Å². The van der Waals surface area contributed by atoms with Crippen LogP contribution in [0.2, 0.25) is 0 Å². The molecule has 304 valence electrons. The van der Waals surface area contributed by atoms with E-state index in [9.17, 15) is 11.0 Å². The van der Waals surface area contributed by atoms with Crippen LogP contribution in [0.25, 0.3) is 104 Å². The van der Waals surface area contributed by atoms with E-state index in [-0.39, 0.29) is 52.4 Å². The number of nitrogens with zero attached hydrogens (tertiary/aromatic N) is 2. The smallest absolute Gasteiger partial charge is 0.143 e. The van der Waals surface area contributed by atoms with E-state index in [0.29, 0.717) is 38.8 Å². The van der Waals surface area contributed by atoms with E-state index < -0.39 is 24.2 Å². The molecule has 13 aromatic rings. The summed E-state index contributed by atoms with van der Waals surface area (Å²) >= 11 is 0. The van der Waals surface area contributed by atoms with Crippen molar-refractivity contribution in [3.05, 3.63) is 242 Å². The summed E-state index contributed by atoms with van der Waals surface area (Å²) in [4.78, 5) is 1.38. The molecule has 2 heterocycles. The lowest BCUT2D eigenvalue weighted by atomic mass is 9.97. The maximum absolute atomic E-state index is 10.0. The van der Waals surface area contributed by atoms with Gasteiger partial charge in [0.2, 0.25) is 0 Å². The van der Waals surface area contributed by atoms with Gasteiger partial charge in [-0.1, -0.05) is 170 Å². The van der Waals surface area contributed by atoms with Gasteiger partial charge in [-0.15, -0.1) is 0 Å². The molecule has 0 aliphatic heterocycles. The number of rotatable bonds is 7. The Balaban J connectivity index is 1.06. The summed E-state index contributed by atoms with van der Waals surface area (Å²) in [5, 5.41) is 7.21. The van der Waals surface area contributed by atoms with Gasteiger partial charge in [0, 0.05) is 38.5 Å². The largest absolute Gasteiger partial charge is 0.455 e. The minimum absolute atomic E-state index is 0.0656. The van der Waals surface area contributed by atoms with Gasteiger partial charge in [-0.2, -0.15) is 0 Å². The fourth-order valence-electron chi connectivity index (χ4n) is 9.47. The molecule has 0 spiro atoms. The molecule has 0 radical (unpaired) electrons. The predicted octanol–water partition coefficient (Wildman–Crippen LogP) is 17.5. The summed E-state index contributed by atoms with van der Waals surface area (Å²) in [6.45, 7) is 0. The average Bonchev–Trinajstić information content (AvgIpc) is 3.98. The molecule has 11 aromatic carbocycles. The molecule has 13 rings (SSSR count). The van der Waals surface area contributed by atoms with Crippen molar-refractivity contribution in [3.8, 4) is 39.1 Å². The van der Waals surface area contributed by atoms with Crippen molar-refractivity contribution < 1.29 is 15.4 Å². The van der Waals surface area contributed by atoms with Gasteiger partial charge < -0.3 is 13.9 Å². The summed E-state index contributed by atoms with van der Waals surface area (Å²) in [5.41, 5.74) is 6.16. The molecule has 3 heteroatoms. The van der Waals surface area contributed by atoms with Crippen LogP contribution in [0.15, 0.2) is 247 Å². The third-order valence-electron chi connectivity index (χ3n) is 12.5. The van der Waals surface area contributed by atoms with Crippen molar-refractivity contribution in [3.63, 3.8) is 0 Å². The first-order chi connectivity index (χ1) is 35.6. The Labute approximate surface area is 387 Å². The van der Waals surface area contributed by atoms with Crippen LogP contribution in [0.3, 0.4) is 0 Å². The lowest BCUT2D eigenvalue weighted by Crippen LogP contribution is -2.10. The van der Waals surface area contributed by atoms with E-state index in [4.69, 9.17) is 4.42 Å². The maximum Gasteiger partial charge on any atom is 0.143 e. The van der Waals surface area contributed by atoms with E-state index in [1.165, 1.54) is 4.90 Å². The van der Waals surface area contributed by atoms with Crippen molar-refractivity contribution in [2.75, 3.05) is 4.90 Å². The highest BCUT2D eigenvalue weighted by Crippen LogP contribution is 2.45. The minimum Gasteiger partial charge on any atom is -0.455 e. The average molecular weight is 837 g/mol. The number of anilines is 3. The van der Waals surface area contributed by atoms with Crippen LogP contribution in [0, 0.1) is 0 Å². The van der Waals surface area contributed by atoms with Gasteiger partial charge in [-0.3, -0.25) is 0 Å². The van der Waals surface area contributed by atoms with Crippen LogP contribution in [-0.2, 0) is 0 Å². The van der Waals surface area contributed by atoms with Gasteiger partial charge in [-0.25, -0.2) is 0 Å². The molecule has 0 saturated heterocycles. The molecule has 0 amide bonds. The third-order valence-corrected chi connectivity index (χ3v) is 12.5. The maximum atomic E-state index is 10.0. The molecule has 0 bridgehead atoms. The topological polar surface area (TPSA) is 21.3 Å². The molecule has 0 aliphatic carbocycles. The Kier molecular flexibility index (Phi) is 6.84. The van der Waals surface area contributed by atoms with E-state index >= 15 is 0 Å². The van der Waals surface area contributed by atoms with Gasteiger partial charge >= 0.3 is 0 Å². The minimum atomic E-state index is -0.438. The lowest BCUT2D eigenvalue weighted by Gasteiger charge is -2.27. The fraction of sp³-hybridized carbons (Fsp3) is 0. The van der Waals surface area contributed by atoms with Gasteiger partial charge in [0.25, 0.3) is 0 Å². The molecule has 0 aliphatic rings. The van der Waals surface area contributed by atoms with Crippen LogP contribution < -0.4 is 4.90 Å². The molecule has 0 unspecified atom stereocenters. The lowest BCUT2D eigenvalue weighted by molar-refractivity contribution is 0.672. The van der Waals surface area contributed by atoms with E-state index in [2.05, 4.69) is 22.8 Å². The Morgan fingerprint density at radius 1 is 0.385 bits per heavy atom. The van der Waals surface area contributed by atoms with E-state index in [1.807, 2.05) is 146 Å². The van der Waals surface area contributed by atoms with Crippen molar-refractivity contribution >= 4 is 82.4 Å². The number of hydrogen-bond donors (Lipinski definition) is 0. The van der Waals surface area contributed by atoms with Crippen LogP contribution in [0.5, 0.6) is 0 Å². The second kappa shape index (κ2) is 15.0. The molecular weight excluding hydrogens is 789 g/mol. The number of para-hydroxylation sites is 3. The molecular formula is C62H40N2O. The van der Waals surface area contributed by atoms with Gasteiger partial charge in [0.05, 0.1) is 38.8 Å². The zero-order chi connectivity index (χ0) is 49.8. The van der Waals surface area contributed by atoms with Crippen LogP contribution >= 0.6 is 0 Å². The van der Waals surface area contributed by atoms with Gasteiger partial charge in [0.15, 0.2) is 0 Å². The Bertz CT molecular complexity index is 4350. The fourth-order valence-corrected chi connectivity index (χ4v) is 9.47. The van der Waals surface area contributed by atoms with Crippen molar-refractivity contribution in [1.29, 1.82) is 0 Å². The number of furan rings is 1. The van der Waals surface area contributed by atoms with E-state index in [1.54, 1.807) is 30.3 Å². The zero-order valence-corrected chi connectivity index (χ0v) is 34.8. The summed E-state index contributed by atoms with van der Waals surface area (Å²) in [6.07, 6.45) is 0. The van der Waals surface area contributed by atoms with Crippen LogP contribution in [0.4, 0.5) is 17.1 Å². The predicted molar refractivity (Wildman–Crippen MR) is 274 cm³/mol. The van der Waals surface area contributed by atoms with E-state index in [0.717, 1.165) is 54.5 Å². The molecule has 0 N–H and O–H groups in total. The number of aromatic nitrogens is 1. The SMILES string of the molecule is [2H]c1c([2H])c(N(c2c([2H])c([2H])c(-c3ccccc3-n3c4ccccc4c4ccccc43)c([2H])c2[2H])c2cccc3oc4c5ccccc5ccc4c23)c([2H])c([2H])c1-c1cccc(-c2ccc3ccccc3c2)c1. The summed E-state index contributed by atoms with van der Waals surface area (Å²) in [6, 6.07) is 59.1. The van der Waals surface area contributed by atoms with Crippen molar-refractivity contribution in [2.45, 2.75) is 0 Å². The number of fused-ring (bicyclic) bond motifs is 9. The van der Waals surface area contributed by atoms with Crippen molar-refractivity contribution in [2.24, 2.45) is 0 Å². The Morgan fingerprint density at radius 3 is 1.71 bits per heavy atom. The standard InChI is InChI=1S/C62H40N2O/c1-2-15-45-40-48(28-27-41(45)13-1)47-17-11-16-46(39-47)42-29-34-49(35-30-42)63(59-25-12-26-60-61(59)55-38-33-43-14-3-4-19-52(43)62(55)65-60)50-36-31-44(32-37-50)51-18-5-8-22-56(51)64-57-23-9-6-20-53(57)54-21-7-10-24-58(54)64/h1-40H/i29D,30D,31D,32D,34D,35D,36D,37D. The molecule has 3 nitrogen and oxygen atoms in total. The van der Waals surface area contributed by atoms with Gasteiger partial charge in [-0.05, 0) is 117 Å². The monoisotopic (exact) mass is 836 g/mol. The molecule has 0 atom stereocenters. The third kappa shape index (κ3) is 6.12. The number of benzene rings is 11. The summed E-state index contributed by atoms with van der Waals surface area (Å²) < 4.78 is 87.7. The highest BCUT2D eigenvalue weighted by molar-refractivity contribution is 6.19. The first-order valence-corrected chi connectivity index (χ1v) is 21.6. The highest BCUT2D eigenvalue weighted by atomic mass is 16.3. The van der Waals surface area contributed by atoms with Crippen LogP contribution in [0.1, 0.15) is 11.0 Å². The molecule has 0 fully saturated rings. The summed E-state index contributed by atoms with van der Waals surface area (Å²) in [5.74, 6) is 0. The van der Waals surface area contributed by atoms with Crippen molar-refractivity contribution in [1.82, 2.24) is 4.57 Å². The number of hydrogen-bond acceptors (Lipinski definition) is 2. The quantitative estimate of drug-likeness (QED) is 0.159. The molecule has 2 aromatic heterocycles. The Hall–Kier alpha value is -8.66. The zero-order valence-electron chi connectivity index (χ0n) is 42.8. The summed E-state index contributed by atoms with van der Waals surface area (Å²) in [7, 11) is 0. The highest BCUT2D eigenvalue weighted by Gasteiger charge is 2.22.